The molecular weight excluding hydrogens is 238 g/mol. The van der Waals surface area contributed by atoms with Crippen LogP contribution in [0.1, 0.15) is 31.2 Å². The third-order valence-corrected chi connectivity index (χ3v) is 3.54. The van der Waals surface area contributed by atoms with Crippen molar-refractivity contribution in [2.24, 2.45) is 0 Å². The van der Waals surface area contributed by atoms with E-state index in [2.05, 4.69) is 16.4 Å². The molecular formula is C15H23N3O. The Morgan fingerprint density at radius 2 is 2.11 bits per heavy atom. The van der Waals surface area contributed by atoms with E-state index >= 15 is 0 Å². The molecule has 0 unspecified atom stereocenters. The first-order chi connectivity index (χ1) is 9.36. The lowest BCUT2D eigenvalue weighted by atomic mass is 10.1. The van der Waals surface area contributed by atoms with E-state index in [4.69, 9.17) is 0 Å². The average molecular weight is 261 g/mol. The first-order valence-corrected chi connectivity index (χ1v) is 7.23. The molecule has 4 heteroatoms. The summed E-state index contributed by atoms with van der Waals surface area (Å²) in [7, 11) is 0. The number of nitrogens with zero attached hydrogens (tertiary/aromatic N) is 2. The first kappa shape index (κ1) is 14.0. The molecule has 1 saturated heterocycles. The molecule has 1 aliphatic heterocycles. The number of likely N-dealkylation sites (tertiary alicyclic amines) is 1. The van der Waals surface area contributed by atoms with E-state index < -0.39 is 0 Å². The Kier molecular flexibility index (Phi) is 5.82. The fourth-order valence-corrected chi connectivity index (χ4v) is 2.40. The Hall–Kier alpha value is -1.42. The maximum absolute atomic E-state index is 11.9. The van der Waals surface area contributed by atoms with Crippen molar-refractivity contribution >= 4 is 5.91 Å². The molecule has 2 heterocycles. The molecule has 0 aromatic carbocycles. The summed E-state index contributed by atoms with van der Waals surface area (Å²) in [5.74, 6) is 0.300. The van der Waals surface area contributed by atoms with Gasteiger partial charge in [0.05, 0.1) is 0 Å². The second kappa shape index (κ2) is 7.89. The third-order valence-electron chi connectivity index (χ3n) is 3.54. The molecule has 0 radical (unpaired) electrons. The van der Waals surface area contributed by atoms with Crippen molar-refractivity contribution in [1.82, 2.24) is 15.2 Å². The Bertz CT molecular complexity index is 374. The van der Waals surface area contributed by atoms with E-state index in [1.54, 1.807) is 6.20 Å². The molecule has 2 rings (SSSR count). The lowest BCUT2D eigenvalue weighted by Gasteiger charge is -2.26. The van der Waals surface area contributed by atoms with Crippen LogP contribution in [0.25, 0.3) is 0 Å². The number of carbonyl (C=O) groups is 1. The van der Waals surface area contributed by atoms with Gasteiger partial charge in [0.15, 0.2) is 0 Å². The van der Waals surface area contributed by atoms with Gasteiger partial charge >= 0.3 is 0 Å². The topological polar surface area (TPSA) is 45.2 Å². The van der Waals surface area contributed by atoms with Crippen LogP contribution < -0.4 is 5.32 Å². The van der Waals surface area contributed by atoms with E-state index in [0.717, 1.165) is 32.6 Å². The summed E-state index contributed by atoms with van der Waals surface area (Å²) in [6.45, 7) is 3.58. The highest BCUT2D eigenvalue weighted by molar-refractivity contribution is 5.76. The van der Waals surface area contributed by atoms with Gasteiger partial charge in [-0.25, -0.2) is 0 Å². The van der Waals surface area contributed by atoms with E-state index in [1.807, 2.05) is 17.2 Å². The molecule has 0 bridgehead atoms. The number of amides is 1. The minimum absolute atomic E-state index is 0.300. The van der Waals surface area contributed by atoms with Gasteiger partial charge in [-0.05, 0) is 43.9 Å². The number of pyridine rings is 1. The third kappa shape index (κ3) is 4.99. The molecule has 104 valence electrons. The predicted molar refractivity (Wildman–Crippen MR) is 75.9 cm³/mol. The Balaban J connectivity index is 1.55. The second-order valence-corrected chi connectivity index (χ2v) is 5.05. The summed E-state index contributed by atoms with van der Waals surface area (Å²) < 4.78 is 0. The van der Waals surface area contributed by atoms with Crippen molar-refractivity contribution in [3.05, 3.63) is 30.1 Å². The number of piperidine rings is 1. The molecule has 0 atom stereocenters. The molecule has 1 N–H and O–H groups in total. The van der Waals surface area contributed by atoms with Crippen molar-refractivity contribution < 1.29 is 4.79 Å². The number of carbonyl (C=O) groups excluding carboxylic acids is 1. The van der Waals surface area contributed by atoms with Gasteiger partial charge in [0, 0.05) is 38.4 Å². The van der Waals surface area contributed by atoms with Crippen molar-refractivity contribution in [3.8, 4) is 0 Å². The van der Waals surface area contributed by atoms with Crippen molar-refractivity contribution in [2.45, 2.75) is 32.1 Å². The maximum Gasteiger partial charge on any atom is 0.223 e. The highest BCUT2D eigenvalue weighted by Crippen LogP contribution is 2.09. The van der Waals surface area contributed by atoms with Crippen LogP contribution in [0.15, 0.2) is 24.5 Å². The molecule has 0 aliphatic carbocycles. The van der Waals surface area contributed by atoms with Crippen LogP contribution in [0.5, 0.6) is 0 Å². The predicted octanol–water partition coefficient (Wildman–Crippen LogP) is 1.62. The highest BCUT2D eigenvalue weighted by atomic mass is 16.2. The van der Waals surface area contributed by atoms with E-state index in [9.17, 15) is 4.79 Å². The van der Waals surface area contributed by atoms with Gasteiger partial charge in [-0.1, -0.05) is 6.07 Å². The van der Waals surface area contributed by atoms with Crippen LogP contribution in [-0.2, 0) is 11.2 Å². The van der Waals surface area contributed by atoms with Gasteiger partial charge in [0.25, 0.3) is 0 Å². The fourth-order valence-electron chi connectivity index (χ4n) is 2.40. The van der Waals surface area contributed by atoms with Crippen molar-refractivity contribution in [3.63, 3.8) is 0 Å². The second-order valence-electron chi connectivity index (χ2n) is 5.05. The highest BCUT2D eigenvalue weighted by Gasteiger charge is 2.15. The molecule has 4 nitrogen and oxygen atoms in total. The van der Waals surface area contributed by atoms with Crippen LogP contribution in [-0.4, -0.2) is 42.0 Å². The molecule has 1 amide bonds. The smallest absolute Gasteiger partial charge is 0.223 e. The summed E-state index contributed by atoms with van der Waals surface area (Å²) in [5.41, 5.74) is 1.23. The van der Waals surface area contributed by atoms with E-state index in [-0.39, 0.29) is 0 Å². The number of hydrogen-bond acceptors (Lipinski definition) is 3. The van der Waals surface area contributed by atoms with Gasteiger partial charge < -0.3 is 10.2 Å². The molecule has 1 aliphatic rings. The van der Waals surface area contributed by atoms with Gasteiger partial charge in [0.1, 0.15) is 0 Å². The van der Waals surface area contributed by atoms with Crippen LogP contribution in [0.2, 0.25) is 0 Å². The Labute approximate surface area is 115 Å². The lowest BCUT2D eigenvalue weighted by molar-refractivity contribution is -0.131. The van der Waals surface area contributed by atoms with Gasteiger partial charge in [-0.3, -0.25) is 9.78 Å². The number of nitrogens with one attached hydrogen (secondary N) is 1. The molecule has 1 aromatic rings. The summed E-state index contributed by atoms with van der Waals surface area (Å²) in [6, 6.07) is 4.03. The summed E-state index contributed by atoms with van der Waals surface area (Å²) >= 11 is 0. The zero-order valence-corrected chi connectivity index (χ0v) is 11.5. The van der Waals surface area contributed by atoms with Gasteiger partial charge in [-0.15, -0.1) is 0 Å². The van der Waals surface area contributed by atoms with Crippen LogP contribution in [0, 0.1) is 0 Å². The summed E-state index contributed by atoms with van der Waals surface area (Å²) in [5, 5.41) is 3.33. The number of hydrogen-bond donors (Lipinski definition) is 1. The van der Waals surface area contributed by atoms with Crippen molar-refractivity contribution in [2.75, 3.05) is 26.2 Å². The monoisotopic (exact) mass is 261 g/mol. The summed E-state index contributed by atoms with van der Waals surface area (Å²) in [4.78, 5) is 18.0. The van der Waals surface area contributed by atoms with Crippen molar-refractivity contribution in [1.29, 1.82) is 0 Å². The normalized spacial score (nSPS) is 15.5. The molecule has 1 fully saturated rings. The first-order valence-electron chi connectivity index (χ1n) is 7.23. The molecule has 0 spiro atoms. The Morgan fingerprint density at radius 1 is 1.26 bits per heavy atom. The maximum atomic E-state index is 11.9. The molecule has 0 saturated carbocycles. The molecule has 1 aromatic heterocycles. The van der Waals surface area contributed by atoms with E-state index in [1.165, 1.54) is 24.8 Å². The quantitative estimate of drug-likeness (QED) is 0.791. The minimum Gasteiger partial charge on any atom is -0.343 e. The van der Waals surface area contributed by atoms with Gasteiger partial charge in [0.2, 0.25) is 5.91 Å². The SMILES string of the molecule is O=C(CCNCCc1cccnc1)N1CCCCC1. The fraction of sp³-hybridized carbons (Fsp3) is 0.600. The van der Waals surface area contributed by atoms with Crippen LogP contribution in [0.3, 0.4) is 0 Å². The number of rotatable bonds is 6. The van der Waals surface area contributed by atoms with Gasteiger partial charge in [-0.2, -0.15) is 0 Å². The zero-order valence-electron chi connectivity index (χ0n) is 11.5. The van der Waals surface area contributed by atoms with E-state index in [0.29, 0.717) is 12.3 Å². The largest absolute Gasteiger partial charge is 0.343 e. The zero-order chi connectivity index (χ0) is 13.3. The van der Waals surface area contributed by atoms with Crippen LogP contribution >= 0.6 is 0 Å². The lowest BCUT2D eigenvalue weighted by Crippen LogP contribution is -2.37. The Morgan fingerprint density at radius 3 is 2.84 bits per heavy atom. The average Bonchev–Trinajstić information content (AvgIpc) is 2.49. The number of aromatic nitrogens is 1. The summed E-state index contributed by atoms with van der Waals surface area (Å²) in [6.07, 6.45) is 8.86. The minimum atomic E-state index is 0.300. The van der Waals surface area contributed by atoms with Crippen LogP contribution in [0.4, 0.5) is 0 Å². The standard InChI is InChI=1S/C15H23N3O/c19-15(18-11-2-1-3-12-18)7-10-16-9-6-14-5-4-8-17-13-14/h4-5,8,13,16H,1-3,6-7,9-12H2. The molecule has 19 heavy (non-hydrogen) atoms.